The van der Waals surface area contributed by atoms with Gasteiger partial charge in [0.1, 0.15) is 12.6 Å². The minimum Gasteiger partial charge on any atom is -0.471 e. The average molecular weight is 323 g/mol. The fourth-order valence-electron chi connectivity index (χ4n) is 2.95. The summed E-state index contributed by atoms with van der Waals surface area (Å²) in [5.41, 5.74) is 1.87. The molecule has 0 bridgehead atoms. The zero-order chi connectivity index (χ0) is 16.4. The van der Waals surface area contributed by atoms with Crippen molar-refractivity contribution in [1.29, 1.82) is 0 Å². The van der Waals surface area contributed by atoms with Gasteiger partial charge in [-0.15, -0.1) is 5.10 Å². The lowest BCUT2D eigenvalue weighted by Gasteiger charge is -2.17. The molecule has 0 unspecified atom stereocenters. The molecular weight excluding hydrogens is 306 g/mol. The molecule has 3 aromatic rings. The van der Waals surface area contributed by atoms with Gasteiger partial charge in [-0.2, -0.15) is 5.10 Å². The molecular formula is C17H17N5O2. The van der Waals surface area contributed by atoms with Crippen LogP contribution in [0, 0.1) is 0 Å². The Hall–Kier alpha value is -2.96. The highest BCUT2D eigenvalue weighted by molar-refractivity contribution is 5.80. The number of hydrogen-bond donors (Lipinski definition) is 0. The van der Waals surface area contributed by atoms with E-state index in [9.17, 15) is 4.79 Å². The molecule has 1 amide bonds. The Morgan fingerprint density at radius 1 is 1.25 bits per heavy atom. The van der Waals surface area contributed by atoms with Crippen LogP contribution >= 0.6 is 0 Å². The van der Waals surface area contributed by atoms with E-state index in [4.69, 9.17) is 4.74 Å². The Kier molecular flexibility index (Phi) is 3.82. The first kappa shape index (κ1) is 14.6. The van der Waals surface area contributed by atoms with Gasteiger partial charge in [-0.3, -0.25) is 4.79 Å². The lowest BCUT2D eigenvalue weighted by Crippen LogP contribution is -2.33. The van der Waals surface area contributed by atoms with Crippen molar-refractivity contribution in [3.8, 4) is 5.88 Å². The minimum atomic E-state index is -0.0369. The lowest BCUT2D eigenvalue weighted by molar-refractivity contribution is -0.131. The van der Waals surface area contributed by atoms with Gasteiger partial charge in [-0.05, 0) is 18.2 Å². The summed E-state index contributed by atoms with van der Waals surface area (Å²) in [7, 11) is 0. The SMILES string of the molecule is O=C(Cn1cnc2ccccc21)N1CC[C@H](Oc2cccnn2)C1. The Morgan fingerprint density at radius 3 is 3.04 bits per heavy atom. The summed E-state index contributed by atoms with van der Waals surface area (Å²) in [6.07, 6.45) is 4.08. The normalized spacial score (nSPS) is 17.3. The Balaban J connectivity index is 1.39. The molecule has 1 aromatic carbocycles. The zero-order valence-electron chi connectivity index (χ0n) is 13.1. The van der Waals surface area contributed by atoms with E-state index in [2.05, 4.69) is 15.2 Å². The number of para-hydroxylation sites is 2. The molecule has 0 spiro atoms. The summed E-state index contributed by atoms with van der Waals surface area (Å²) in [4.78, 5) is 18.7. The van der Waals surface area contributed by atoms with Crippen LogP contribution in [0.5, 0.6) is 5.88 Å². The maximum Gasteiger partial charge on any atom is 0.242 e. The van der Waals surface area contributed by atoms with Crippen LogP contribution in [0.3, 0.4) is 0 Å². The van der Waals surface area contributed by atoms with Crippen LogP contribution in [0.25, 0.3) is 11.0 Å². The second-order valence-corrected chi connectivity index (χ2v) is 5.79. The van der Waals surface area contributed by atoms with Gasteiger partial charge in [0.25, 0.3) is 0 Å². The molecule has 0 aliphatic carbocycles. The lowest BCUT2D eigenvalue weighted by atomic mass is 10.3. The number of carbonyl (C=O) groups is 1. The van der Waals surface area contributed by atoms with Crippen molar-refractivity contribution >= 4 is 16.9 Å². The molecule has 122 valence electrons. The van der Waals surface area contributed by atoms with Crippen LogP contribution in [-0.4, -0.2) is 49.7 Å². The molecule has 1 fully saturated rings. The zero-order valence-corrected chi connectivity index (χ0v) is 13.1. The van der Waals surface area contributed by atoms with E-state index in [1.807, 2.05) is 33.7 Å². The predicted octanol–water partition coefficient (Wildman–Crippen LogP) is 1.51. The maximum atomic E-state index is 12.5. The van der Waals surface area contributed by atoms with Crippen molar-refractivity contribution in [2.75, 3.05) is 13.1 Å². The number of hydrogen-bond acceptors (Lipinski definition) is 5. The third kappa shape index (κ3) is 2.92. The fourth-order valence-corrected chi connectivity index (χ4v) is 2.95. The highest BCUT2D eigenvalue weighted by Crippen LogP contribution is 2.17. The van der Waals surface area contributed by atoms with E-state index in [0.29, 0.717) is 25.5 Å². The third-order valence-electron chi connectivity index (χ3n) is 4.17. The highest BCUT2D eigenvalue weighted by Gasteiger charge is 2.28. The monoisotopic (exact) mass is 323 g/mol. The molecule has 1 saturated heterocycles. The summed E-state index contributed by atoms with van der Waals surface area (Å²) in [6, 6.07) is 11.4. The van der Waals surface area contributed by atoms with E-state index in [1.165, 1.54) is 0 Å². The largest absolute Gasteiger partial charge is 0.471 e. The standard InChI is InChI=1S/C17H17N5O2/c23-17(11-22-12-18-14-4-1-2-5-15(14)22)21-9-7-13(10-21)24-16-6-3-8-19-20-16/h1-6,8,12-13H,7,9-11H2/t13-/m0/s1. The first-order valence-electron chi connectivity index (χ1n) is 7.91. The number of imidazole rings is 1. The fraction of sp³-hybridized carbons (Fsp3) is 0.294. The highest BCUT2D eigenvalue weighted by atomic mass is 16.5. The van der Waals surface area contributed by atoms with Gasteiger partial charge >= 0.3 is 0 Å². The summed E-state index contributed by atoms with van der Waals surface area (Å²) in [5, 5.41) is 7.71. The van der Waals surface area contributed by atoms with E-state index in [0.717, 1.165) is 17.5 Å². The Morgan fingerprint density at radius 2 is 2.17 bits per heavy atom. The van der Waals surface area contributed by atoms with Gasteiger partial charge < -0.3 is 14.2 Å². The van der Waals surface area contributed by atoms with Crippen molar-refractivity contribution in [2.45, 2.75) is 19.1 Å². The Labute approximate surface area is 138 Å². The van der Waals surface area contributed by atoms with Crippen molar-refractivity contribution in [2.24, 2.45) is 0 Å². The average Bonchev–Trinajstić information content (AvgIpc) is 3.24. The van der Waals surface area contributed by atoms with E-state index < -0.39 is 0 Å². The van der Waals surface area contributed by atoms with E-state index in [-0.39, 0.29) is 12.0 Å². The van der Waals surface area contributed by atoms with Crippen molar-refractivity contribution < 1.29 is 9.53 Å². The molecule has 2 aromatic heterocycles. The number of ether oxygens (including phenoxy) is 1. The van der Waals surface area contributed by atoms with Gasteiger partial charge in [0, 0.05) is 25.2 Å². The van der Waals surface area contributed by atoms with Gasteiger partial charge in [-0.25, -0.2) is 4.98 Å². The molecule has 1 aliphatic rings. The summed E-state index contributed by atoms with van der Waals surface area (Å²) < 4.78 is 7.66. The van der Waals surface area contributed by atoms with Crippen LogP contribution in [0.15, 0.2) is 48.9 Å². The first-order chi connectivity index (χ1) is 11.8. The number of rotatable bonds is 4. The quantitative estimate of drug-likeness (QED) is 0.727. The van der Waals surface area contributed by atoms with Gasteiger partial charge in [0.2, 0.25) is 11.8 Å². The van der Waals surface area contributed by atoms with Gasteiger partial charge in [-0.1, -0.05) is 12.1 Å². The van der Waals surface area contributed by atoms with Crippen LogP contribution < -0.4 is 4.74 Å². The number of nitrogens with zero attached hydrogens (tertiary/aromatic N) is 5. The number of carbonyl (C=O) groups excluding carboxylic acids is 1. The summed E-state index contributed by atoms with van der Waals surface area (Å²) in [6.45, 7) is 1.55. The molecule has 1 atom stereocenters. The number of amides is 1. The molecule has 0 radical (unpaired) electrons. The minimum absolute atomic E-state index is 0.0369. The molecule has 0 N–H and O–H groups in total. The van der Waals surface area contributed by atoms with Crippen molar-refractivity contribution in [3.05, 3.63) is 48.9 Å². The van der Waals surface area contributed by atoms with Crippen molar-refractivity contribution in [3.63, 3.8) is 0 Å². The molecule has 1 aliphatic heterocycles. The maximum absolute atomic E-state index is 12.5. The summed E-state index contributed by atoms with van der Waals surface area (Å²) in [5.74, 6) is 0.570. The third-order valence-corrected chi connectivity index (χ3v) is 4.17. The second-order valence-electron chi connectivity index (χ2n) is 5.79. The topological polar surface area (TPSA) is 73.1 Å². The number of benzene rings is 1. The van der Waals surface area contributed by atoms with Crippen LogP contribution in [0.2, 0.25) is 0 Å². The van der Waals surface area contributed by atoms with Gasteiger partial charge in [0.15, 0.2) is 0 Å². The van der Waals surface area contributed by atoms with Gasteiger partial charge in [0.05, 0.1) is 23.9 Å². The number of likely N-dealkylation sites (tertiary alicyclic amines) is 1. The molecule has 7 nitrogen and oxygen atoms in total. The van der Waals surface area contributed by atoms with E-state index in [1.54, 1.807) is 24.7 Å². The predicted molar refractivity (Wildman–Crippen MR) is 87.4 cm³/mol. The molecule has 7 heteroatoms. The first-order valence-corrected chi connectivity index (χ1v) is 7.91. The van der Waals surface area contributed by atoms with Crippen molar-refractivity contribution in [1.82, 2.24) is 24.6 Å². The molecule has 4 rings (SSSR count). The van der Waals surface area contributed by atoms with Crippen LogP contribution in [-0.2, 0) is 11.3 Å². The summed E-state index contributed by atoms with van der Waals surface area (Å²) >= 11 is 0. The van der Waals surface area contributed by atoms with Crippen LogP contribution in [0.1, 0.15) is 6.42 Å². The number of fused-ring (bicyclic) bond motifs is 1. The smallest absolute Gasteiger partial charge is 0.242 e. The second kappa shape index (κ2) is 6.27. The molecule has 3 heterocycles. The van der Waals surface area contributed by atoms with Crippen LogP contribution in [0.4, 0.5) is 0 Å². The molecule has 24 heavy (non-hydrogen) atoms. The Bertz CT molecular complexity index is 848. The van der Waals surface area contributed by atoms with E-state index >= 15 is 0 Å². The molecule has 0 saturated carbocycles. The number of aromatic nitrogens is 4.